The zero-order valence-electron chi connectivity index (χ0n) is 8.23. The van der Waals surface area contributed by atoms with Crippen molar-refractivity contribution in [2.75, 3.05) is 29.7 Å². The second kappa shape index (κ2) is 4.85. The van der Waals surface area contributed by atoms with Crippen molar-refractivity contribution in [3.8, 4) is 0 Å². The van der Waals surface area contributed by atoms with Gasteiger partial charge in [0, 0.05) is 13.2 Å². The summed E-state index contributed by atoms with van der Waals surface area (Å²) in [4.78, 5) is 16.9. The van der Waals surface area contributed by atoms with E-state index in [9.17, 15) is 4.79 Å². The highest BCUT2D eigenvalue weighted by atomic mass is 32.2. The number of nitrogens with two attached hydrogens (primary N) is 1. The Balaban J connectivity index is 2.84. The molecule has 0 spiro atoms. The van der Waals surface area contributed by atoms with Gasteiger partial charge in [0.05, 0.1) is 23.3 Å². The third-order valence-electron chi connectivity index (χ3n) is 1.83. The molecule has 0 saturated heterocycles. The molecular formula is C9H13N3OS. The molecule has 0 unspecified atom stereocenters. The van der Waals surface area contributed by atoms with Crippen LogP contribution in [0.2, 0.25) is 0 Å². The van der Waals surface area contributed by atoms with Gasteiger partial charge in [-0.2, -0.15) is 11.8 Å². The number of pyridine rings is 1. The van der Waals surface area contributed by atoms with Gasteiger partial charge >= 0.3 is 0 Å². The number of aromatic nitrogens is 1. The summed E-state index contributed by atoms with van der Waals surface area (Å²) in [6, 6.07) is 1.73. The lowest BCUT2D eigenvalue weighted by Crippen LogP contribution is -2.28. The second-order valence-electron chi connectivity index (χ2n) is 2.82. The van der Waals surface area contributed by atoms with Crippen LogP contribution in [0.3, 0.4) is 0 Å². The third kappa shape index (κ3) is 2.38. The fourth-order valence-electron chi connectivity index (χ4n) is 1.06. The van der Waals surface area contributed by atoms with E-state index in [4.69, 9.17) is 5.73 Å². The maximum Gasteiger partial charge on any atom is 0.236 e. The summed E-state index contributed by atoms with van der Waals surface area (Å²) in [6.45, 7) is 0. The minimum absolute atomic E-state index is 0.0374. The van der Waals surface area contributed by atoms with Crippen molar-refractivity contribution in [3.63, 3.8) is 0 Å². The molecule has 0 saturated carbocycles. The number of thioether (sulfide) groups is 1. The number of anilines is 2. The van der Waals surface area contributed by atoms with Crippen LogP contribution in [-0.2, 0) is 4.79 Å². The number of rotatable bonds is 3. The normalized spacial score (nSPS) is 9.86. The molecule has 0 bridgehead atoms. The van der Waals surface area contributed by atoms with E-state index >= 15 is 0 Å². The van der Waals surface area contributed by atoms with Gasteiger partial charge in [0.1, 0.15) is 0 Å². The van der Waals surface area contributed by atoms with Crippen molar-refractivity contribution >= 4 is 29.0 Å². The molecule has 4 nitrogen and oxygen atoms in total. The molecule has 0 radical (unpaired) electrons. The third-order valence-corrected chi connectivity index (χ3v) is 2.37. The van der Waals surface area contributed by atoms with Crippen molar-refractivity contribution < 1.29 is 4.79 Å². The van der Waals surface area contributed by atoms with Gasteiger partial charge in [-0.3, -0.25) is 9.78 Å². The molecule has 0 aromatic carbocycles. The summed E-state index contributed by atoms with van der Waals surface area (Å²) < 4.78 is 0. The van der Waals surface area contributed by atoms with Gasteiger partial charge in [0.25, 0.3) is 0 Å². The standard InChI is InChI=1S/C9H13N3OS/c1-12(9(13)6-14-2)8-3-4-11-5-7(8)10/h3-5H,6,10H2,1-2H3. The molecule has 5 heteroatoms. The summed E-state index contributed by atoms with van der Waals surface area (Å²) in [5.74, 6) is 0.494. The van der Waals surface area contributed by atoms with Crippen LogP contribution >= 0.6 is 11.8 Å². The summed E-state index contributed by atoms with van der Waals surface area (Å²) in [5.41, 5.74) is 6.92. The minimum atomic E-state index is 0.0374. The van der Waals surface area contributed by atoms with Crippen LogP contribution in [-0.4, -0.2) is 29.9 Å². The number of amides is 1. The van der Waals surface area contributed by atoms with Gasteiger partial charge < -0.3 is 10.6 Å². The number of hydrogen-bond acceptors (Lipinski definition) is 4. The number of carbonyl (C=O) groups is 1. The molecule has 0 aliphatic carbocycles. The molecule has 76 valence electrons. The first-order valence-electron chi connectivity index (χ1n) is 4.11. The first-order valence-corrected chi connectivity index (χ1v) is 5.51. The SMILES string of the molecule is CSCC(=O)N(C)c1ccncc1N. The molecule has 0 fully saturated rings. The number of carbonyl (C=O) groups excluding carboxylic acids is 1. The van der Waals surface area contributed by atoms with E-state index in [-0.39, 0.29) is 5.91 Å². The molecular weight excluding hydrogens is 198 g/mol. The minimum Gasteiger partial charge on any atom is -0.396 e. The van der Waals surface area contributed by atoms with Crippen LogP contribution in [0.1, 0.15) is 0 Å². The first kappa shape index (κ1) is 10.8. The average molecular weight is 211 g/mol. The molecule has 1 heterocycles. The highest BCUT2D eigenvalue weighted by Crippen LogP contribution is 2.20. The number of hydrogen-bond donors (Lipinski definition) is 1. The van der Waals surface area contributed by atoms with Gasteiger partial charge in [0.15, 0.2) is 0 Å². The Morgan fingerprint density at radius 2 is 2.43 bits per heavy atom. The Kier molecular flexibility index (Phi) is 3.76. The number of nitrogens with zero attached hydrogens (tertiary/aromatic N) is 2. The zero-order valence-corrected chi connectivity index (χ0v) is 9.04. The molecule has 1 aromatic rings. The lowest BCUT2D eigenvalue weighted by atomic mass is 10.3. The van der Waals surface area contributed by atoms with Gasteiger partial charge in [-0.15, -0.1) is 0 Å². The van der Waals surface area contributed by atoms with E-state index in [1.165, 1.54) is 18.0 Å². The van der Waals surface area contributed by atoms with Crippen LogP contribution in [0.25, 0.3) is 0 Å². The second-order valence-corrected chi connectivity index (χ2v) is 3.69. The van der Waals surface area contributed by atoms with Gasteiger partial charge in [-0.25, -0.2) is 0 Å². The Hall–Kier alpha value is -1.23. The van der Waals surface area contributed by atoms with Crippen LogP contribution in [0.5, 0.6) is 0 Å². The van der Waals surface area contributed by atoms with Crippen molar-refractivity contribution in [1.29, 1.82) is 0 Å². The topological polar surface area (TPSA) is 59.2 Å². The maximum atomic E-state index is 11.5. The predicted octanol–water partition coefficient (Wildman–Crippen LogP) is 0.990. The highest BCUT2D eigenvalue weighted by molar-refractivity contribution is 7.99. The van der Waals surface area contributed by atoms with Crippen LogP contribution < -0.4 is 10.6 Å². The molecule has 1 rings (SSSR count). The van der Waals surface area contributed by atoms with E-state index in [1.54, 1.807) is 24.2 Å². The van der Waals surface area contributed by atoms with E-state index in [0.717, 1.165) is 0 Å². The Labute approximate surface area is 87.5 Å². The molecule has 1 amide bonds. The Bertz CT molecular complexity index is 330. The van der Waals surface area contributed by atoms with Crippen LogP contribution in [0.4, 0.5) is 11.4 Å². The van der Waals surface area contributed by atoms with Crippen molar-refractivity contribution in [2.24, 2.45) is 0 Å². The maximum absolute atomic E-state index is 11.5. The van der Waals surface area contributed by atoms with Crippen molar-refractivity contribution in [1.82, 2.24) is 4.98 Å². The predicted molar refractivity (Wildman–Crippen MR) is 60.4 cm³/mol. The monoisotopic (exact) mass is 211 g/mol. The fourth-order valence-corrected chi connectivity index (χ4v) is 1.50. The van der Waals surface area contributed by atoms with E-state index in [1.807, 2.05) is 6.26 Å². The van der Waals surface area contributed by atoms with Gasteiger partial charge in [-0.1, -0.05) is 0 Å². The lowest BCUT2D eigenvalue weighted by molar-refractivity contribution is -0.115. The van der Waals surface area contributed by atoms with Gasteiger partial charge in [0.2, 0.25) is 5.91 Å². The van der Waals surface area contributed by atoms with Crippen LogP contribution in [0.15, 0.2) is 18.5 Å². The summed E-state index contributed by atoms with van der Waals surface area (Å²) in [7, 11) is 1.71. The van der Waals surface area contributed by atoms with E-state index in [0.29, 0.717) is 17.1 Å². The van der Waals surface area contributed by atoms with Gasteiger partial charge in [-0.05, 0) is 12.3 Å². The van der Waals surface area contributed by atoms with Crippen molar-refractivity contribution in [3.05, 3.63) is 18.5 Å². The number of nitrogen functional groups attached to an aromatic ring is 1. The van der Waals surface area contributed by atoms with E-state index < -0.39 is 0 Å². The quantitative estimate of drug-likeness (QED) is 0.810. The first-order chi connectivity index (χ1) is 6.66. The molecule has 1 aromatic heterocycles. The van der Waals surface area contributed by atoms with E-state index in [2.05, 4.69) is 4.98 Å². The molecule has 0 atom stereocenters. The fraction of sp³-hybridized carbons (Fsp3) is 0.333. The molecule has 0 aliphatic heterocycles. The molecule has 14 heavy (non-hydrogen) atoms. The Morgan fingerprint density at radius 3 is 3.00 bits per heavy atom. The van der Waals surface area contributed by atoms with Crippen LogP contribution in [0, 0.1) is 0 Å². The molecule has 0 aliphatic rings. The average Bonchev–Trinajstić information content (AvgIpc) is 2.18. The lowest BCUT2D eigenvalue weighted by Gasteiger charge is -2.18. The summed E-state index contributed by atoms with van der Waals surface area (Å²) in [5, 5.41) is 0. The largest absolute Gasteiger partial charge is 0.396 e. The summed E-state index contributed by atoms with van der Waals surface area (Å²) >= 11 is 1.49. The molecule has 2 N–H and O–H groups in total. The highest BCUT2D eigenvalue weighted by Gasteiger charge is 2.11. The van der Waals surface area contributed by atoms with Crippen molar-refractivity contribution in [2.45, 2.75) is 0 Å². The zero-order chi connectivity index (χ0) is 10.6. The summed E-state index contributed by atoms with van der Waals surface area (Å²) in [6.07, 6.45) is 5.05. The Morgan fingerprint density at radius 1 is 1.71 bits per heavy atom. The smallest absolute Gasteiger partial charge is 0.236 e.